The van der Waals surface area contributed by atoms with Gasteiger partial charge in [0.2, 0.25) is 0 Å². The highest BCUT2D eigenvalue weighted by Gasteiger charge is 2.32. The number of nitrogens with one attached hydrogen (secondary N) is 1. The largest absolute Gasteiger partial charge is 0.481 e. The summed E-state index contributed by atoms with van der Waals surface area (Å²) in [5.41, 5.74) is 0.775. The maximum Gasteiger partial charge on any atom is 0.312 e. The van der Waals surface area contributed by atoms with Gasteiger partial charge in [0.25, 0.3) is 0 Å². The van der Waals surface area contributed by atoms with E-state index in [4.69, 9.17) is 5.11 Å². The van der Waals surface area contributed by atoms with Crippen LogP contribution < -0.4 is 5.32 Å². The van der Waals surface area contributed by atoms with Crippen molar-refractivity contribution in [1.29, 1.82) is 0 Å². The van der Waals surface area contributed by atoms with E-state index in [9.17, 15) is 4.79 Å². The molecule has 1 aromatic rings. The number of hydrogen-bond donors (Lipinski definition) is 2. The summed E-state index contributed by atoms with van der Waals surface area (Å²) in [5, 5.41) is 13.3. The summed E-state index contributed by atoms with van der Waals surface area (Å²) in [6, 6.07) is 0. The lowest BCUT2D eigenvalue weighted by molar-refractivity contribution is -0.138. The predicted octanol–water partition coefficient (Wildman–Crippen LogP) is 2.81. The topological polar surface area (TPSA) is 62.2 Å². The van der Waals surface area contributed by atoms with Crippen LogP contribution in [0.2, 0.25) is 0 Å². The van der Waals surface area contributed by atoms with E-state index >= 15 is 0 Å². The van der Waals surface area contributed by atoms with Crippen LogP contribution in [-0.2, 0) is 11.2 Å². The normalized spacial score (nSPS) is 18.7. The molecule has 1 heterocycles. The number of thioether (sulfide) groups is 1. The van der Waals surface area contributed by atoms with Crippen molar-refractivity contribution in [3.63, 3.8) is 0 Å². The van der Waals surface area contributed by atoms with Crippen LogP contribution in [0.3, 0.4) is 0 Å². The Morgan fingerprint density at radius 3 is 3.00 bits per heavy atom. The van der Waals surface area contributed by atoms with Crippen LogP contribution in [0.25, 0.3) is 0 Å². The minimum absolute atomic E-state index is 0.155. The quantitative estimate of drug-likeness (QED) is 0.871. The van der Waals surface area contributed by atoms with Gasteiger partial charge in [0.05, 0.1) is 5.69 Å². The maximum atomic E-state index is 11.1. The molecule has 0 bridgehead atoms. The lowest BCUT2D eigenvalue weighted by Crippen LogP contribution is -2.25. The average molecular weight is 286 g/mol. The fourth-order valence-corrected chi connectivity index (χ4v) is 3.15. The third kappa shape index (κ3) is 2.80. The second-order valence-corrected chi connectivity index (χ2v) is 7.67. The Morgan fingerprint density at radius 1 is 1.67 bits per heavy atom. The first kappa shape index (κ1) is 13.7. The lowest BCUT2D eigenvalue weighted by atomic mass is 10.1. The molecule has 0 aliphatic heterocycles. The van der Waals surface area contributed by atoms with Crippen LogP contribution in [0.1, 0.15) is 36.8 Å². The molecule has 6 heteroatoms. The molecule has 0 saturated carbocycles. The molecule has 4 nitrogen and oxygen atoms in total. The summed E-state index contributed by atoms with van der Waals surface area (Å²) in [5.74, 6) is -1.16. The molecule has 0 radical (unpaired) electrons. The van der Waals surface area contributed by atoms with E-state index < -0.39 is 11.9 Å². The minimum Gasteiger partial charge on any atom is -0.481 e. The molecule has 0 fully saturated rings. The number of thiazole rings is 1. The Labute approximate surface area is 115 Å². The van der Waals surface area contributed by atoms with Gasteiger partial charge in [-0.1, -0.05) is 0 Å². The number of fused-ring (bicyclic) bond motifs is 1. The first-order chi connectivity index (χ1) is 8.43. The van der Waals surface area contributed by atoms with Crippen LogP contribution in [0.4, 0.5) is 5.13 Å². The zero-order valence-corrected chi connectivity index (χ0v) is 12.5. The summed E-state index contributed by atoms with van der Waals surface area (Å²) in [6.07, 6.45) is 3.63. The SMILES string of the molecule is CSC(C)(C)CNc1nc2c(s1)CCC2C(=O)O. The van der Waals surface area contributed by atoms with Gasteiger partial charge in [-0.25, -0.2) is 4.98 Å². The predicted molar refractivity (Wildman–Crippen MR) is 76.9 cm³/mol. The monoisotopic (exact) mass is 286 g/mol. The van der Waals surface area contributed by atoms with Crippen molar-refractivity contribution in [2.45, 2.75) is 37.4 Å². The van der Waals surface area contributed by atoms with Gasteiger partial charge in [-0.05, 0) is 32.9 Å². The van der Waals surface area contributed by atoms with E-state index in [2.05, 4.69) is 30.4 Å². The van der Waals surface area contributed by atoms with E-state index in [-0.39, 0.29) is 4.75 Å². The Kier molecular flexibility index (Phi) is 3.87. The zero-order chi connectivity index (χ0) is 13.3. The molecule has 0 aromatic carbocycles. The second-order valence-electron chi connectivity index (χ2n) is 5.07. The molecule has 1 aliphatic carbocycles. The van der Waals surface area contributed by atoms with Gasteiger partial charge in [0.1, 0.15) is 5.92 Å². The Morgan fingerprint density at radius 2 is 2.39 bits per heavy atom. The highest BCUT2D eigenvalue weighted by atomic mass is 32.2. The number of hydrogen-bond acceptors (Lipinski definition) is 5. The van der Waals surface area contributed by atoms with E-state index in [0.717, 1.165) is 28.7 Å². The van der Waals surface area contributed by atoms with Crippen LogP contribution in [0.5, 0.6) is 0 Å². The fraction of sp³-hybridized carbons (Fsp3) is 0.667. The number of rotatable bonds is 5. The first-order valence-corrected chi connectivity index (χ1v) is 7.98. The highest BCUT2D eigenvalue weighted by molar-refractivity contribution is 7.99. The first-order valence-electron chi connectivity index (χ1n) is 5.94. The molecule has 100 valence electrons. The number of carboxylic acids is 1. The third-order valence-corrected chi connectivity index (χ3v) is 5.57. The van der Waals surface area contributed by atoms with Crippen molar-refractivity contribution in [2.24, 2.45) is 0 Å². The van der Waals surface area contributed by atoms with E-state index in [1.54, 1.807) is 23.1 Å². The van der Waals surface area contributed by atoms with E-state index in [1.165, 1.54) is 0 Å². The number of aliphatic carboxylic acids is 1. The number of anilines is 1. The van der Waals surface area contributed by atoms with Crippen LogP contribution in [0, 0.1) is 0 Å². The van der Waals surface area contributed by atoms with Gasteiger partial charge in [-0.2, -0.15) is 11.8 Å². The number of nitrogens with zero attached hydrogens (tertiary/aromatic N) is 1. The second kappa shape index (κ2) is 5.09. The van der Waals surface area contributed by atoms with Gasteiger partial charge in [0.15, 0.2) is 5.13 Å². The number of carbonyl (C=O) groups is 1. The maximum absolute atomic E-state index is 11.1. The van der Waals surface area contributed by atoms with Gasteiger partial charge >= 0.3 is 5.97 Å². The molecule has 1 atom stereocenters. The minimum atomic E-state index is -0.755. The molecular formula is C12H18N2O2S2. The van der Waals surface area contributed by atoms with Crippen molar-refractivity contribution in [3.8, 4) is 0 Å². The number of aromatic nitrogens is 1. The Bertz CT molecular complexity index is 457. The smallest absolute Gasteiger partial charge is 0.312 e. The van der Waals surface area contributed by atoms with Gasteiger partial charge in [-0.15, -0.1) is 11.3 Å². The summed E-state index contributed by atoms with van der Waals surface area (Å²) < 4.78 is 0.155. The third-order valence-electron chi connectivity index (χ3n) is 3.23. The van der Waals surface area contributed by atoms with Gasteiger partial charge < -0.3 is 10.4 Å². The average Bonchev–Trinajstić information content (AvgIpc) is 2.85. The molecular weight excluding hydrogens is 268 g/mol. The van der Waals surface area contributed by atoms with Crippen molar-refractivity contribution < 1.29 is 9.90 Å². The molecule has 0 saturated heterocycles. The van der Waals surface area contributed by atoms with Crippen molar-refractivity contribution in [2.75, 3.05) is 18.1 Å². The molecule has 1 aliphatic rings. The number of aryl methyl sites for hydroxylation is 1. The van der Waals surface area contributed by atoms with Crippen molar-refractivity contribution >= 4 is 34.2 Å². The van der Waals surface area contributed by atoms with E-state index in [0.29, 0.717) is 6.42 Å². The molecule has 2 rings (SSSR count). The molecule has 1 aromatic heterocycles. The summed E-state index contributed by atoms with van der Waals surface area (Å²) in [4.78, 5) is 16.7. The van der Waals surface area contributed by atoms with Crippen molar-refractivity contribution in [3.05, 3.63) is 10.6 Å². The zero-order valence-electron chi connectivity index (χ0n) is 10.8. The standard InChI is InChI=1S/C12H18N2O2S2/c1-12(2,17-3)6-13-11-14-9-7(10(15)16)4-5-8(9)18-11/h7H,4-6H2,1-3H3,(H,13,14)(H,15,16). The highest BCUT2D eigenvalue weighted by Crippen LogP contribution is 2.38. The molecule has 0 amide bonds. The van der Waals surface area contributed by atoms with Crippen molar-refractivity contribution in [1.82, 2.24) is 4.98 Å². The lowest BCUT2D eigenvalue weighted by Gasteiger charge is -2.21. The number of carboxylic acid groups (broad SMARTS) is 1. The summed E-state index contributed by atoms with van der Waals surface area (Å²) in [7, 11) is 0. The fourth-order valence-electron chi connectivity index (χ4n) is 1.90. The van der Waals surface area contributed by atoms with Gasteiger partial charge in [-0.3, -0.25) is 4.79 Å². The van der Waals surface area contributed by atoms with Crippen LogP contribution in [0.15, 0.2) is 0 Å². The Hall–Kier alpha value is -0.750. The summed E-state index contributed by atoms with van der Waals surface area (Å²) >= 11 is 3.40. The van der Waals surface area contributed by atoms with Crippen LogP contribution >= 0.6 is 23.1 Å². The molecule has 0 spiro atoms. The van der Waals surface area contributed by atoms with E-state index in [1.807, 2.05) is 0 Å². The van der Waals surface area contributed by atoms with Crippen LogP contribution in [-0.4, -0.2) is 33.6 Å². The summed E-state index contributed by atoms with van der Waals surface area (Å²) in [6.45, 7) is 5.18. The molecule has 1 unspecified atom stereocenters. The molecule has 18 heavy (non-hydrogen) atoms. The van der Waals surface area contributed by atoms with Gasteiger partial charge in [0, 0.05) is 16.2 Å². The Balaban J connectivity index is 2.05. The molecule has 2 N–H and O–H groups in total.